The fourth-order valence-corrected chi connectivity index (χ4v) is 1.93. The smallest absolute Gasteiger partial charge is 0.149 e. The molecule has 92 valence electrons. The van der Waals surface area contributed by atoms with Gasteiger partial charge in [0.25, 0.3) is 0 Å². The van der Waals surface area contributed by atoms with Crippen molar-refractivity contribution in [2.24, 2.45) is 0 Å². The van der Waals surface area contributed by atoms with E-state index in [1.807, 2.05) is 36.4 Å². The van der Waals surface area contributed by atoms with E-state index < -0.39 is 6.10 Å². The van der Waals surface area contributed by atoms with Crippen LogP contribution in [0.2, 0.25) is 0 Å². The third-order valence-electron chi connectivity index (χ3n) is 2.83. The van der Waals surface area contributed by atoms with Crippen LogP contribution in [0.3, 0.4) is 0 Å². The van der Waals surface area contributed by atoms with Crippen LogP contribution in [0.4, 0.5) is 0 Å². The van der Waals surface area contributed by atoms with Gasteiger partial charge in [0.05, 0.1) is 6.10 Å². The second kappa shape index (κ2) is 5.57. The molecule has 0 aliphatic rings. The van der Waals surface area contributed by atoms with Gasteiger partial charge in [0.15, 0.2) is 0 Å². The van der Waals surface area contributed by atoms with E-state index in [0.29, 0.717) is 6.61 Å². The maximum atomic E-state index is 9.80. The lowest BCUT2D eigenvalue weighted by Crippen LogP contribution is -2.01. The minimum absolute atomic E-state index is 0.338. The first-order valence-electron chi connectivity index (χ1n) is 5.96. The van der Waals surface area contributed by atoms with Crippen molar-refractivity contribution in [1.29, 1.82) is 0 Å². The largest absolute Gasteiger partial charge is 0.480 e. The molecule has 0 saturated carbocycles. The van der Waals surface area contributed by atoms with Crippen molar-refractivity contribution in [3.8, 4) is 17.6 Å². The first-order chi connectivity index (χ1) is 8.74. The van der Waals surface area contributed by atoms with Crippen LogP contribution < -0.4 is 4.74 Å². The lowest BCUT2D eigenvalue weighted by atomic mass is 10.0. The van der Waals surface area contributed by atoms with Gasteiger partial charge in [-0.05, 0) is 19.2 Å². The Labute approximate surface area is 107 Å². The highest BCUT2D eigenvalue weighted by atomic mass is 16.5. The van der Waals surface area contributed by atoms with Crippen LogP contribution >= 0.6 is 0 Å². The molecule has 0 saturated heterocycles. The zero-order valence-electron chi connectivity index (χ0n) is 10.6. The summed E-state index contributed by atoms with van der Waals surface area (Å²) >= 11 is 0. The van der Waals surface area contributed by atoms with Crippen LogP contribution in [0.25, 0.3) is 10.8 Å². The molecule has 1 N–H and O–H groups in total. The number of aliphatic hydroxyl groups excluding tert-OH is 1. The first-order valence-corrected chi connectivity index (χ1v) is 5.96. The number of fused-ring (bicyclic) bond motifs is 1. The predicted molar refractivity (Wildman–Crippen MR) is 73.5 cm³/mol. The Kier molecular flexibility index (Phi) is 3.86. The average Bonchev–Trinajstić information content (AvgIpc) is 2.38. The minimum Gasteiger partial charge on any atom is -0.480 e. The molecule has 0 aliphatic carbocycles. The van der Waals surface area contributed by atoms with Crippen molar-refractivity contribution in [1.82, 2.24) is 0 Å². The Morgan fingerprint density at radius 1 is 1.22 bits per heavy atom. The molecule has 2 aromatic carbocycles. The Hall–Kier alpha value is -1.98. The van der Waals surface area contributed by atoms with Gasteiger partial charge in [-0.25, -0.2) is 0 Å². The molecule has 0 amide bonds. The molecular formula is C16H16O2. The molecule has 0 unspecified atom stereocenters. The molecule has 0 fully saturated rings. The molecule has 1 atom stereocenters. The third kappa shape index (κ3) is 2.47. The van der Waals surface area contributed by atoms with Gasteiger partial charge in [0.1, 0.15) is 12.4 Å². The minimum atomic E-state index is -0.556. The molecule has 0 radical (unpaired) electrons. The Morgan fingerprint density at radius 2 is 2.00 bits per heavy atom. The third-order valence-corrected chi connectivity index (χ3v) is 2.83. The van der Waals surface area contributed by atoms with Gasteiger partial charge in [0.2, 0.25) is 0 Å². The van der Waals surface area contributed by atoms with Gasteiger partial charge in [-0.2, -0.15) is 0 Å². The van der Waals surface area contributed by atoms with Crippen molar-refractivity contribution in [2.75, 3.05) is 6.61 Å². The van der Waals surface area contributed by atoms with E-state index in [0.717, 1.165) is 22.1 Å². The fraction of sp³-hybridized carbons (Fsp3) is 0.250. The van der Waals surface area contributed by atoms with E-state index in [1.54, 1.807) is 13.8 Å². The molecule has 2 heteroatoms. The molecule has 2 nitrogen and oxygen atoms in total. The summed E-state index contributed by atoms with van der Waals surface area (Å²) in [6.45, 7) is 3.86. The zero-order valence-corrected chi connectivity index (χ0v) is 10.6. The predicted octanol–water partition coefficient (Wildman–Crippen LogP) is 3.30. The maximum Gasteiger partial charge on any atom is 0.149 e. The monoisotopic (exact) mass is 240 g/mol. The maximum absolute atomic E-state index is 9.80. The van der Waals surface area contributed by atoms with E-state index >= 15 is 0 Å². The summed E-state index contributed by atoms with van der Waals surface area (Å²) < 4.78 is 5.72. The summed E-state index contributed by atoms with van der Waals surface area (Å²) in [5.41, 5.74) is 0.798. The van der Waals surface area contributed by atoms with E-state index in [9.17, 15) is 5.11 Å². The Morgan fingerprint density at radius 3 is 2.72 bits per heavy atom. The second-order valence-corrected chi connectivity index (χ2v) is 4.10. The molecule has 2 aromatic rings. The van der Waals surface area contributed by atoms with Crippen molar-refractivity contribution in [3.05, 3.63) is 42.0 Å². The highest BCUT2D eigenvalue weighted by molar-refractivity contribution is 5.89. The van der Waals surface area contributed by atoms with Crippen molar-refractivity contribution >= 4 is 10.8 Å². The molecular weight excluding hydrogens is 224 g/mol. The number of hydrogen-bond donors (Lipinski definition) is 1. The van der Waals surface area contributed by atoms with Gasteiger partial charge >= 0.3 is 0 Å². The van der Waals surface area contributed by atoms with Crippen LogP contribution in [0.1, 0.15) is 25.5 Å². The molecule has 18 heavy (non-hydrogen) atoms. The normalized spacial score (nSPS) is 11.7. The van der Waals surface area contributed by atoms with Gasteiger partial charge < -0.3 is 9.84 Å². The van der Waals surface area contributed by atoms with E-state index in [-0.39, 0.29) is 0 Å². The summed E-state index contributed by atoms with van der Waals surface area (Å²) in [6.07, 6.45) is -0.556. The van der Waals surface area contributed by atoms with Gasteiger partial charge in [-0.3, -0.25) is 0 Å². The van der Waals surface area contributed by atoms with E-state index in [4.69, 9.17) is 4.74 Å². The van der Waals surface area contributed by atoms with Crippen LogP contribution in [0.15, 0.2) is 36.4 Å². The first kappa shape index (κ1) is 12.5. The lowest BCUT2D eigenvalue weighted by Gasteiger charge is -2.14. The second-order valence-electron chi connectivity index (χ2n) is 4.10. The lowest BCUT2D eigenvalue weighted by molar-refractivity contribution is 0.193. The number of hydrogen-bond acceptors (Lipinski definition) is 2. The average molecular weight is 240 g/mol. The summed E-state index contributed by atoms with van der Waals surface area (Å²) in [5, 5.41) is 11.9. The topological polar surface area (TPSA) is 29.5 Å². The number of ether oxygens (including phenoxy) is 1. The van der Waals surface area contributed by atoms with Crippen LogP contribution in [-0.2, 0) is 0 Å². The molecule has 0 aromatic heterocycles. The fourth-order valence-electron chi connectivity index (χ4n) is 1.93. The van der Waals surface area contributed by atoms with E-state index in [2.05, 4.69) is 11.8 Å². The number of benzene rings is 2. The van der Waals surface area contributed by atoms with E-state index in [1.165, 1.54) is 0 Å². The highest BCUT2D eigenvalue weighted by Crippen LogP contribution is 2.33. The SMILES string of the molecule is CC#CCOc1c([C@@H](C)O)ccc2ccccc12. The summed E-state index contributed by atoms with van der Waals surface area (Å²) in [7, 11) is 0. The quantitative estimate of drug-likeness (QED) is 0.834. The standard InChI is InChI=1S/C16H16O2/c1-3-4-11-18-16-14(12(2)17)10-9-13-7-5-6-8-15(13)16/h5-10,12,17H,11H2,1-2H3/t12-/m1/s1. The number of aliphatic hydroxyl groups is 1. The van der Waals surface area contributed by atoms with Crippen molar-refractivity contribution in [2.45, 2.75) is 20.0 Å². The van der Waals surface area contributed by atoms with Crippen molar-refractivity contribution in [3.63, 3.8) is 0 Å². The Balaban J connectivity index is 2.54. The summed E-state index contributed by atoms with van der Waals surface area (Å²) in [5.74, 6) is 6.40. The van der Waals surface area contributed by atoms with Crippen LogP contribution in [0, 0.1) is 11.8 Å². The van der Waals surface area contributed by atoms with Gasteiger partial charge in [-0.15, -0.1) is 5.92 Å². The van der Waals surface area contributed by atoms with Crippen LogP contribution in [0.5, 0.6) is 5.75 Å². The van der Waals surface area contributed by atoms with Gasteiger partial charge in [-0.1, -0.05) is 42.3 Å². The molecule has 0 bridgehead atoms. The highest BCUT2D eigenvalue weighted by Gasteiger charge is 2.12. The molecule has 0 aliphatic heterocycles. The zero-order chi connectivity index (χ0) is 13.0. The van der Waals surface area contributed by atoms with Crippen LogP contribution in [-0.4, -0.2) is 11.7 Å². The van der Waals surface area contributed by atoms with Gasteiger partial charge in [0, 0.05) is 10.9 Å². The summed E-state index contributed by atoms with van der Waals surface area (Å²) in [4.78, 5) is 0. The molecule has 0 spiro atoms. The number of rotatable bonds is 3. The Bertz CT molecular complexity index is 603. The van der Waals surface area contributed by atoms with Crippen molar-refractivity contribution < 1.29 is 9.84 Å². The summed E-state index contributed by atoms with van der Waals surface area (Å²) in [6, 6.07) is 11.9. The molecule has 2 rings (SSSR count). The molecule has 0 heterocycles.